The van der Waals surface area contributed by atoms with E-state index < -0.39 is 5.91 Å². The molecular weight excluding hydrogens is 434 g/mol. The molecule has 0 atom stereocenters. The van der Waals surface area contributed by atoms with Crippen LogP contribution in [0.4, 0.5) is 22.9 Å². The third-order valence-corrected chi connectivity index (χ3v) is 6.41. The molecule has 2 aromatic heterocycles. The topological polar surface area (TPSA) is 100 Å². The third-order valence-electron chi connectivity index (χ3n) is 5.40. The predicted octanol–water partition coefficient (Wildman–Crippen LogP) is 5.12. The highest BCUT2D eigenvalue weighted by Gasteiger charge is 2.12. The van der Waals surface area contributed by atoms with Crippen LogP contribution in [0.2, 0.25) is 0 Å². The van der Waals surface area contributed by atoms with Crippen molar-refractivity contribution in [3.05, 3.63) is 77.3 Å². The number of fused-ring (bicyclic) bond motifs is 1. The standard InChI is InChI=1S/C25H25N5O2S/c1-3-23(31)30(2)19-9-7-18(8-10-19)29-22-13-21(20(15-28-22)25(26)32)27-14-17-6-4-5-16-11-12-33-24(16)17/h4-13,15H,3,14H2,1-2H3,(H2,26,32)(H2,27,28,29). The summed E-state index contributed by atoms with van der Waals surface area (Å²) in [5.74, 6) is 0.0785. The summed E-state index contributed by atoms with van der Waals surface area (Å²) in [5, 5.41) is 9.85. The molecule has 2 aromatic carbocycles. The summed E-state index contributed by atoms with van der Waals surface area (Å²) in [4.78, 5) is 29.8. The number of nitrogens with two attached hydrogens (primary N) is 1. The zero-order valence-electron chi connectivity index (χ0n) is 18.5. The monoisotopic (exact) mass is 459 g/mol. The second kappa shape index (κ2) is 9.70. The minimum atomic E-state index is -0.543. The van der Waals surface area contributed by atoms with E-state index in [1.54, 1.807) is 29.4 Å². The fourth-order valence-corrected chi connectivity index (χ4v) is 4.46. The van der Waals surface area contributed by atoms with Crippen molar-refractivity contribution in [2.75, 3.05) is 22.6 Å². The Kier molecular flexibility index (Phi) is 6.55. The van der Waals surface area contributed by atoms with Gasteiger partial charge in [-0.1, -0.05) is 25.1 Å². The van der Waals surface area contributed by atoms with Crippen molar-refractivity contribution in [1.82, 2.24) is 4.98 Å². The van der Waals surface area contributed by atoms with Crippen LogP contribution in [0.3, 0.4) is 0 Å². The molecule has 0 spiro atoms. The maximum absolute atomic E-state index is 11.9. The fourth-order valence-electron chi connectivity index (χ4n) is 3.55. The Morgan fingerprint density at radius 2 is 1.91 bits per heavy atom. The van der Waals surface area contributed by atoms with Crippen LogP contribution in [-0.2, 0) is 11.3 Å². The van der Waals surface area contributed by atoms with Crippen LogP contribution in [0.25, 0.3) is 10.1 Å². The molecule has 4 aromatic rings. The molecule has 4 N–H and O–H groups in total. The van der Waals surface area contributed by atoms with Crippen molar-refractivity contribution in [1.29, 1.82) is 0 Å². The van der Waals surface area contributed by atoms with Crippen LogP contribution in [0.15, 0.2) is 66.2 Å². The van der Waals surface area contributed by atoms with Gasteiger partial charge in [0.2, 0.25) is 5.91 Å². The number of nitrogens with zero attached hydrogens (tertiary/aromatic N) is 2. The second-order valence-corrected chi connectivity index (χ2v) is 8.48. The molecule has 0 fully saturated rings. The summed E-state index contributed by atoms with van der Waals surface area (Å²) in [5.41, 5.74) is 9.28. The van der Waals surface area contributed by atoms with E-state index in [-0.39, 0.29) is 5.91 Å². The molecule has 0 radical (unpaired) electrons. The Labute approximate surface area is 196 Å². The van der Waals surface area contributed by atoms with Gasteiger partial charge >= 0.3 is 0 Å². The first-order valence-corrected chi connectivity index (χ1v) is 11.5. The lowest BCUT2D eigenvalue weighted by Gasteiger charge is -2.17. The van der Waals surface area contributed by atoms with Crippen molar-refractivity contribution >= 4 is 56.1 Å². The fraction of sp³-hybridized carbons (Fsp3) is 0.160. The molecule has 8 heteroatoms. The zero-order valence-corrected chi connectivity index (χ0v) is 19.3. The number of hydrogen-bond donors (Lipinski definition) is 3. The molecule has 168 valence electrons. The zero-order chi connectivity index (χ0) is 23.4. The number of carbonyl (C=O) groups is 2. The number of benzene rings is 2. The molecule has 2 amide bonds. The van der Waals surface area contributed by atoms with Crippen LogP contribution in [-0.4, -0.2) is 23.8 Å². The molecule has 2 heterocycles. The summed E-state index contributed by atoms with van der Waals surface area (Å²) < 4.78 is 1.21. The highest BCUT2D eigenvalue weighted by Crippen LogP contribution is 2.27. The van der Waals surface area contributed by atoms with Gasteiger partial charge in [-0.3, -0.25) is 9.59 Å². The van der Waals surface area contributed by atoms with Crippen molar-refractivity contribution in [2.24, 2.45) is 5.73 Å². The molecule has 0 saturated carbocycles. The van der Waals surface area contributed by atoms with Crippen LogP contribution >= 0.6 is 11.3 Å². The van der Waals surface area contributed by atoms with E-state index >= 15 is 0 Å². The van der Waals surface area contributed by atoms with Gasteiger partial charge in [-0.05, 0) is 46.7 Å². The molecule has 0 unspecified atom stereocenters. The number of amides is 2. The van der Waals surface area contributed by atoms with E-state index in [0.29, 0.717) is 30.0 Å². The number of primary amides is 1. The number of hydrogen-bond acceptors (Lipinski definition) is 6. The van der Waals surface area contributed by atoms with Gasteiger partial charge in [0.25, 0.3) is 5.91 Å². The van der Waals surface area contributed by atoms with Gasteiger partial charge in [-0.15, -0.1) is 11.3 Å². The van der Waals surface area contributed by atoms with Crippen molar-refractivity contribution in [3.8, 4) is 0 Å². The third kappa shape index (κ3) is 4.96. The van der Waals surface area contributed by atoms with Crippen LogP contribution in [0, 0.1) is 0 Å². The summed E-state index contributed by atoms with van der Waals surface area (Å²) in [7, 11) is 1.76. The molecule has 0 bridgehead atoms. The lowest BCUT2D eigenvalue weighted by atomic mass is 10.1. The molecule has 0 aliphatic carbocycles. The molecule has 0 aliphatic rings. The van der Waals surface area contributed by atoms with Gasteiger partial charge in [-0.2, -0.15) is 0 Å². The Balaban J connectivity index is 1.53. The quantitative estimate of drug-likeness (QED) is 0.339. The van der Waals surface area contributed by atoms with Gasteiger partial charge in [0.15, 0.2) is 0 Å². The minimum Gasteiger partial charge on any atom is -0.380 e. The summed E-state index contributed by atoms with van der Waals surface area (Å²) in [6.07, 6.45) is 1.92. The predicted molar refractivity (Wildman–Crippen MR) is 135 cm³/mol. The Hall–Kier alpha value is -3.91. The SMILES string of the molecule is CCC(=O)N(C)c1ccc(Nc2cc(NCc3cccc4ccsc34)c(C(N)=O)cn2)cc1. The second-order valence-electron chi connectivity index (χ2n) is 7.57. The van der Waals surface area contributed by atoms with Crippen molar-refractivity contribution in [3.63, 3.8) is 0 Å². The molecule has 33 heavy (non-hydrogen) atoms. The van der Waals surface area contributed by atoms with E-state index in [0.717, 1.165) is 16.9 Å². The average Bonchev–Trinajstić information content (AvgIpc) is 3.32. The lowest BCUT2D eigenvalue weighted by molar-refractivity contribution is -0.118. The number of aromatic nitrogens is 1. The normalized spacial score (nSPS) is 10.7. The smallest absolute Gasteiger partial charge is 0.252 e. The van der Waals surface area contributed by atoms with Gasteiger partial charge in [0.05, 0.1) is 11.3 Å². The van der Waals surface area contributed by atoms with Gasteiger partial charge < -0.3 is 21.3 Å². The first-order valence-electron chi connectivity index (χ1n) is 10.6. The van der Waals surface area contributed by atoms with E-state index in [1.807, 2.05) is 37.3 Å². The van der Waals surface area contributed by atoms with Crippen LogP contribution in [0.5, 0.6) is 0 Å². The Morgan fingerprint density at radius 3 is 2.64 bits per heavy atom. The first kappa shape index (κ1) is 22.3. The van der Waals surface area contributed by atoms with E-state index in [4.69, 9.17) is 5.73 Å². The summed E-state index contributed by atoms with van der Waals surface area (Å²) >= 11 is 1.69. The Morgan fingerprint density at radius 1 is 1.12 bits per heavy atom. The van der Waals surface area contributed by atoms with E-state index in [9.17, 15) is 9.59 Å². The molecule has 0 aliphatic heterocycles. The van der Waals surface area contributed by atoms with E-state index in [2.05, 4.69) is 39.2 Å². The number of pyridine rings is 1. The summed E-state index contributed by atoms with van der Waals surface area (Å²) in [6, 6.07) is 17.5. The molecular formula is C25H25N5O2S. The van der Waals surface area contributed by atoms with Crippen molar-refractivity contribution < 1.29 is 9.59 Å². The van der Waals surface area contributed by atoms with E-state index in [1.165, 1.54) is 16.3 Å². The number of anilines is 4. The minimum absolute atomic E-state index is 0.0494. The number of rotatable bonds is 8. The van der Waals surface area contributed by atoms with Crippen LogP contribution in [0.1, 0.15) is 29.3 Å². The number of carbonyl (C=O) groups excluding carboxylic acids is 2. The Bertz CT molecular complexity index is 1300. The average molecular weight is 460 g/mol. The summed E-state index contributed by atoms with van der Waals surface area (Å²) in [6.45, 7) is 2.39. The number of nitrogens with one attached hydrogen (secondary N) is 2. The van der Waals surface area contributed by atoms with Gasteiger partial charge in [0.1, 0.15) is 5.82 Å². The number of thiophene rings is 1. The maximum atomic E-state index is 11.9. The largest absolute Gasteiger partial charge is 0.380 e. The molecule has 7 nitrogen and oxygen atoms in total. The maximum Gasteiger partial charge on any atom is 0.252 e. The molecule has 0 saturated heterocycles. The van der Waals surface area contributed by atoms with Gasteiger partial charge in [0, 0.05) is 48.4 Å². The van der Waals surface area contributed by atoms with Gasteiger partial charge in [-0.25, -0.2) is 4.98 Å². The first-order chi connectivity index (χ1) is 16.0. The van der Waals surface area contributed by atoms with Crippen LogP contribution < -0.4 is 21.3 Å². The molecule has 4 rings (SSSR count). The highest BCUT2D eigenvalue weighted by atomic mass is 32.1. The highest BCUT2D eigenvalue weighted by molar-refractivity contribution is 7.17. The van der Waals surface area contributed by atoms with Crippen molar-refractivity contribution in [2.45, 2.75) is 19.9 Å². The lowest BCUT2D eigenvalue weighted by Crippen LogP contribution is -2.24.